The number of hydrogen-bond donors (Lipinski definition) is 1. The lowest BCUT2D eigenvalue weighted by Crippen LogP contribution is -2.36. The molecule has 0 saturated carbocycles. The molecule has 1 aliphatic rings. The van der Waals surface area contributed by atoms with Crippen molar-refractivity contribution in [1.82, 2.24) is 4.90 Å². The van der Waals surface area contributed by atoms with Crippen molar-refractivity contribution in [3.63, 3.8) is 0 Å². The third-order valence-corrected chi connectivity index (χ3v) is 6.23. The van der Waals surface area contributed by atoms with Crippen LogP contribution in [0.2, 0.25) is 0 Å². The SMILES string of the molecule is COc1cc(O)c(C=O)c2oc(=O)c(-c3ccc(C(=O)CCCN4CCOCC4)cc3)c(C)c12. The van der Waals surface area contributed by atoms with Gasteiger partial charge in [-0.2, -0.15) is 0 Å². The molecular formula is C26H27NO7. The van der Waals surface area contributed by atoms with E-state index in [1.807, 2.05) is 0 Å². The van der Waals surface area contributed by atoms with E-state index in [4.69, 9.17) is 13.9 Å². The van der Waals surface area contributed by atoms with Gasteiger partial charge >= 0.3 is 5.63 Å². The number of ketones is 1. The number of carbonyl (C=O) groups excluding carboxylic acids is 2. The van der Waals surface area contributed by atoms with Gasteiger partial charge in [0.05, 0.1) is 36.8 Å². The Kier molecular flexibility index (Phi) is 7.09. The lowest BCUT2D eigenvalue weighted by Gasteiger charge is -2.26. The number of rotatable bonds is 8. The average Bonchev–Trinajstić information content (AvgIpc) is 2.84. The maximum Gasteiger partial charge on any atom is 0.344 e. The fourth-order valence-electron chi connectivity index (χ4n) is 4.38. The molecule has 1 N–H and O–H groups in total. The summed E-state index contributed by atoms with van der Waals surface area (Å²) in [4.78, 5) is 39.3. The number of phenols is 1. The van der Waals surface area contributed by atoms with E-state index in [-0.39, 0.29) is 28.4 Å². The summed E-state index contributed by atoms with van der Waals surface area (Å²) in [7, 11) is 1.43. The highest BCUT2D eigenvalue weighted by atomic mass is 16.5. The number of methoxy groups -OCH3 is 1. The van der Waals surface area contributed by atoms with Crippen LogP contribution in [0, 0.1) is 6.92 Å². The predicted molar refractivity (Wildman–Crippen MR) is 127 cm³/mol. The molecule has 34 heavy (non-hydrogen) atoms. The summed E-state index contributed by atoms with van der Waals surface area (Å²) in [6.07, 6.45) is 1.67. The number of carbonyl (C=O) groups is 2. The first-order valence-electron chi connectivity index (χ1n) is 11.2. The van der Waals surface area contributed by atoms with Crippen molar-refractivity contribution in [2.75, 3.05) is 40.0 Å². The quantitative estimate of drug-likeness (QED) is 0.306. The number of fused-ring (bicyclic) bond motifs is 1. The van der Waals surface area contributed by atoms with Gasteiger partial charge in [-0.3, -0.25) is 14.5 Å². The molecule has 4 rings (SSSR count). The second-order valence-corrected chi connectivity index (χ2v) is 8.28. The van der Waals surface area contributed by atoms with Gasteiger partial charge < -0.3 is 19.0 Å². The summed E-state index contributed by atoms with van der Waals surface area (Å²) in [5, 5.41) is 10.5. The number of benzene rings is 2. The monoisotopic (exact) mass is 465 g/mol. The minimum absolute atomic E-state index is 0.0230. The normalized spacial score (nSPS) is 14.3. The number of phenolic OH excluding ortho intramolecular Hbond substituents is 1. The van der Waals surface area contributed by atoms with E-state index in [9.17, 15) is 19.5 Å². The first-order valence-corrected chi connectivity index (χ1v) is 11.2. The number of hydrogen-bond acceptors (Lipinski definition) is 8. The Morgan fingerprint density at radius 1 is 1.21 bits per heavy atom. The number of aldehydes is 1. The highest BCUT2D eigenvalue weighted by molar-refractivity contribution is 6.03. The number of aromatic hydroxyl groups is 1. The summed E-state index contributed by atoms with van der Waals surface area (Å²) in [6, 6.07) is 8.17. The zero-order valence-electron chi connectivity index (χ0n) is 19.3. The van der Waals surface area contributed by atoms with E-state index < -0.39 is 5.63 Å². The van der Waals surface area contributed by atoms with Gasteiger partial charge in [0, 0.05) is 31.1 Å². The van der Waals surface area contributed by atoms with Gasteiger partial charge in [0.2, 0.25) is 0 Å². The highest BCUT2D eigenvalue weighted by Gasteiger charge is 2.21. The van der Waals surface area contributed by atoms with E-state index in [1.54, 1.807) is 31.2 Å². The van der Waals surface area contributed by atoms with Crippen molar-refractivity contribution in [1.29, 1.82) is 0 Å². The van der Waals surface area contributed by atoms with Crippen LogP contribution >= 0.6 is 0 Å². The van der Waals surface area contributed by atoms with Gasteiger partial charge in [0.25, 0.3) is 0 Å². The lowest BCUT2D eigenvalue weighted by atomic mass is 9.96. The number of Topliss-reactive ketones (excluding diaryl/α,β-unsaturated/α-hetero) is 1. The molecule has 0 aliphatic carbocycles. The van der Waals surface area contributed by atoms with E-state index in [1.165, 1.54) is 13.2 Å². The smallest absolute Gasteiger partial charge is 0.344 e. The Morgan fingerprint density at radius 2 is 1.91 bits per heavy atom. The van der Waals surface area contributed by atoms with Crippen LogP contribution in [0.25, 0.3) is 22.1 Å². The van der Waals surface area contributed by atoms with Gasteiger partial charge in [-0.15, -0.1) is 0 Å². The molecular weight excluding hydrogens is 438 g/mol. The van der Waals surface area contributed by atoms with Gasteiger partial charge in [-0.1, -0.05) is 24.3 Å². The van der Waals surface area contributed by atoms with Gasteiger partial charge in [0.1, 0.15) is 11.5 Å². The van der Waals surface area contributed by atoms with Crippen molar-refractivity contribution in [2.45, 2.75) is 19.8 Å². The fourth-order valence-corrected chi connectivity index (χ4v) is 4.38. The summed E-state index contributed by atoms with van der Waals surface area (Å²) >= 11 is 0. The molecule has 8 nitrogen and oxygen atoms in total. The third-order valence-electron chi connectivity index (χ3n) is 6.23. The molecule has 8 heteroatoms. The predicted octanol–water partition coefficient (Wildman–Crippen LogP) is 3.59. The minimum Gasteiger partial charge on any atom is -0.507 e. The van der Waals surface area contributed by atoms with E-state index >= 15 is 0 Å². The van der Waals surface area contributed by atoms with Crippen LogP contribution in [-0.2, 0) is 4.74 Å². The van der Waals surface area contributed by atoms with Crippen molar-refractivity contribution in [3.8, 4) is 22.6 Å². The van der Waals surface area contributed by atoms with E-state index in [0.29, 0.717) is 40.3 Å². The second-order valence-electron chi connectivity index (χ2n) is 8.28. The highest BCUT2D eigenvalue weighted by Crippen LogP contribution is 2.38. The van der Waals surface area contributed by atoms with Crippen LogP contribution in [0.3, 0.4) is 0 Å². The molecule has 1 aliphatic heterocycles. The number of ether oxygens (including phenoxy) is 2. The van der Waals surface area contributed by atoms with Crippen LogP contribution in [-0.4, -0.2) is 62.0 Å². The van der Waals surface area contributed by atoms with Crippen LogP contribution in [0.5, 0.6) is 11.5 Å². The number of nitrogens with zero attached hydrogens (tertiary/aromatic N) is 1. The maximum absolute atomic E-state index is 12.9. The second kappa shape index (κ2) is 10.2. The zero-order chi connectivity index (χ0) is 24.2. The molecule has 0 amide bonds. The molecule has 1 saturated heterocycles. The molecule has 0 atom stereocenters. The zero-order valence-corrected chi connectivity index (χ0v) is 19.3. The summed E-state index contributed by atoms with van der Waals surface area (Å²) in [5.74, 6) is 0.00801. The largest absolute Gasteiger partial charge is 0.507 e. The van der Waals surface area contributed by atoms with Crippen molar-refractivity contribution in [3.05, 3.63) is 57.4 Å². The van der Waals surface area contributed by atoms with E-state index in [2.05, 4.69) is 4.90 Å². The van der Waals surface area contributed by atoms with E-state index in [0.717, 1.165) is 39.3 Å². The maximum atomic E-state index is 12.9. The molecule has 3 aromatic rings. The molecule has 1 aromatic heterocycles. The Balaban J connectivity index is 1.59. The molecule has 178 valence electrons. The molecule has 0 unspecified atom stereocenters. The molecule has 1 fully saturated rings. The fraction of sp³-hybridized carbons (Fsp3) is 0.346. The first-order chi connectivity index (χ1) is 16.4. The third kappa shape index (κ3) is 4.60. The molecule has 0 spiro atoms. The first kappa shape index (κ1) is 23.7. The molecule has 2 heterocycles. The van der Waals surface area contributed by atoms with Crippen molar-refractivity contribution in [2.24, 2.45) is 0 Å². The van der Waals surface area contributed by atoms with Crippen molar-refractivity contribution < 1.29 is 28.6 Å². The standard InChI is InChI=1S/C26H27NO7/c1-16-23(26(31)34-25-19(15-28)21(30)14-22(32-2)24(16)25)18-7-5-17(6-8-18)20(29)4-3-9-27-10-12-33-13-11-27/h5-8,14-15,30H,3-4,9-13H2,1-2H3. The molecule has 2 aromatic carbocycles. The van der Waals surface area contributed by atoms with Gasteiger partial charge in [-0.25, -0.2) is 4.79 Å². The summed E-state index contributed by atoms with van der Waals surface area (Å²) in [6.45, 7) is 5.87. The van der Waals surface area contributed by atoms with Crippen LogP contribution < -0.4 is 10.4 Å². The summed E-state index contributed by atoms with van der Waals surface area (Å²) in [5.41, 5.74) is 1.24. The molecule has 0 bridgehead atoms. The average molecular weight is 466 g/mol. The van der Waals surface area contributed by atoms with Gasteiger partial charge in [-0.05, 0) is 31.0 Å². The van der Waals surface area contributed by atoms with Crippen LogP contribution in [0.1, 0.15) is 39.1 Å². The Hall–Kier alpha value is -3.49. The molecule has 0 radical (unpaired) electrons. The lowest BCUT2D eigenvalue weighted by molar-refractivity contribution is 0.0371. The summed E-state index contributed by atoms with van der Waals surface area (Å²) < 4.78 is 16.2. The Morgan fingerprint density at radius 3 is 2.56 bits per heavy atom. The van der Waals surface area contributed by atoms with Crippen LogP contribution in [0.4, 0.5) is 0 Å². The van der Waals surface area contributed by atoms with Crippen LogP contribution in [0.15, 0.2) is 39.5 Å². The Labute approximate surface area is 196 Å². The number of aryl methyl sites for hydroxylation is 1. The topological polar surface area (TPSA) is 106 Å². The van der Waals surface area contributed by atoms with Crippen molar-refractivity contribution >= 4 is 23.0 Å². The number of morpholine rings is 1. The Bertz CT molecular complexity index is 1270. The minimum atomic E-state index is -0.648. The van der Waals surface area contributed by atoms with Gasteiger partial charge in [0.15, 0.2) is 17.7 Å².